The second kappa shape index (κ2) is 7.70. The van der Waals surface area contributed by atoms with Crippen molar-refractivity contribution in [2.24, 2.45) is 0 Å². The Hall–Kier alpha value is -2.00. The molecule has 2 aromatic rings. The number of para-hydroxylation sites is 1. The molecule has 0 saturated heterocycles. The molecule has 1 heterocycles. The lowest BCUT2D eigenvalue weighted by Gasteiger charge is -2.11. The van der Waals surface area contributed by atoms with Gasteiger partial charge in [-0.3, -0.25) is 0 Å². The summed E-state index contributed by atoms with van der Waals surface area (Å²) in [7, 11) is 0. The van der Waals surface area contributed by atoms with E-state index < -0.39 is 0 Å². The number of ether oxygens (including phenoxy) is 1. The van der Waals surface area contributed by atoms with Crippen molar-refractivity contribution in [3.63, 3.8) is 0 Å². The maximum atomic E-state index is 5.91. The van der Waals surface area contributed by atoms with E-state index in [1.54, 1.807) is 6.26 Å². The fraction of sp³-hybridized carbons (Fsp3) is 0.333. The number of nitrogens with one attached hydrogen (secondary N) is 1. The van der Waals surface area contributed by atoms with Gasteiger partial charge in [-0.25, -0.2) is 0 Å². The predicted octanol–water partition coefficient (Wildman–Crippen LogP) is 4.09. The van der Waals surface area contributed by atoms with Crippen molar-refractivity contribution in [2.45, 2.75) is 39.5 Å². The molecule has 0 atom stereocenters. The Kier molecular flexibility index (Phi) is 5.64. The number of rotatable bonds is 8. The summed E-state index contributed by atoms with van der Waals surface area (Å²) in [5, 5.41) is 3.39. The summed E-state index contributed by atoms with van der Waals surface area (Å²) in [4.78, 5) is 0. The van der Waals surface area contributed by atoms with Gasteiger partial charge in [-0.2, -0.15) is 0 Å². The van der Waals surface area contributed by atoms with Crippen LogP contribution in [0.3, 0.4) is 0 Å². The number of allylic oxidation sites excluding steroid dienone is 1. The summed E-state index contributed by atoms with van der Waals surface area (Å²) in [5.74, 6) is 1.76. The minimum Gasteiger partial charge on any atom is -0.485 e. The Balaban J connectivity index is 2.00. The van der Waals surface area contributed by atoms with Crippen LogP contribution in [0.1, 0.15) is 30.7 Å². The third kappa shape index (κ3) is 4.50. The first-order valence-electron chi connectivity index (χ1n) is 7.31. The molecule has 21 heavy (non-hydrogen) atoms. The van der Waals surface area contributed by atoms with Crippen molar-refractivity contribution in [3.05, 3.63) is 66.1 Å². The third-order valence-electron chi connectivity index (χ3n) is 3.23. The summed E-state index contributed by atoms with van der Waals surface area (Å²) in [6.45, 7) is 9.27. The Morgan fingerprint density at radius 3 is 2.81 bits per heavy atom. The lowest BCUT2D eigenvalue weighted by Crippen LogP contribution is -2.22. The molecule has 0 unspecified atom stereocenters. The highest BCUT2D eigenvalue weighted by Gasteiger charge is 2.09. The maximum absolute atomic E-state index is 5.91. The van der Waals surface area contributed by atoms with E-state index in [4.69, 9.17) is 9.15 Å². The van der Waals surface area contributed by atoms with Crippen LogP contribution in [0.15, 0.2) is 53.7 Å². The van der Waals surface area contributed by atoms with Crippen molar-refractivity contribution in [1.82, 2.24) is 5.32 Å². The quantitative estimate of drug-likeness (QED) is 0.742. The summed E-state index contributed by atoms with van der Waals surface area (Å²) >= 11 is 0. The van der Waals surface area contributed by atoms with Crippen LogP contribution in [0.5, 0.6) is 5.75 Å². The molecule has 2 rings (SSSR count). The van der Waals surface area contributed by atoms with Gasteiger partial charge in [0, 0.05) is 18.2 Å². The molecule has 0 aliphatic rings. The van der Waals surface area contributed by atoms with Gasteiger partial charge >= 0.3 is 0 Å². The molecular formula is C18H23NO2. The molecule has 0 amide bonds. The van der Waals surface area contributed by atoms with Crippen molar-refractivity contribution >= 4 is 0 Å². The van der Waals surface area contributed by atoms with E-state index >= 15 is 0 Å². The van der Waals surface area contributed by atoms with Crippen LogP contribution in [0, 0.1) is 0 Å². The van der Waals surface area contributed by atoms with E-state index in [1.807, 2.05) is 30.3 Å². The molecule has 1 N–H and O–H groups in total. The second-order valence-electron chi connectivity index (χ2n) is 5.29. The van der Waals surface area contributed by atoms with Crippen LogP contribution in [0.4, 0.5) is 0 Å². The van der Waals surface area contributed by atoms with Crippen molar-refractivity contribution in [2.75, 3.05) is 0 Å². The maximum Gasteiger partial charge on any atom is 0.146 e. The summed E-state index contributed by atoms with van der Waals surface area (Å²) < 4.78 is 11.4. The van der Waals surface area contributed by atoms with Crippen LogP contribution >= 0.6 is 0 Å². The fourth-order valence-electron chi connectivity index (χ4n) is 2.08. The highest BCUT2D eigenvalue weighted by Crippen LogP contribution is 2.21. The molecule has 1 aromatic heterocycles. The number of benzene rings is 1. The SMILES string of the molecule is C=CCc1ccccc1OCc1occc1CNC(C)C. The van der Waals surface area contributed by atoms with Crippen LogP contribution in [0.25, 0.3) is 0 Å². The molecule has 0 bridgehead atoms. The first kappa shape index (κ1) is 15.4. The molecule has 112 valence electrons. The lowest BCUT2D eigenvalue weighted by molar-refractivity contribution is 0.266. The van der Waals surface area contributed by atoms with Gasteiger partial charge in [0.1, 0.15) is 18.1 Å². The number of hydrogen-bond acceptors (Lipinski definition) is 3. The molecule has 1 aromatic carbocycles. The Bertz CT molecular complexity index is 572. The van der Waals surface area contributed by atoms with Crippen LogP contribution < -0.4 is 10.1 Å². The molecule has 3 heteroatoms. The normalized spacial score (nSPS) is 10.8. The fourth-order valence-corrected chi connectivity index (χ4v) is 2.08. The zero-order valence-electron chi connectivity index (χ0n) is 12.8. The van der Waals surface area contributed by atoms with Crippen molar-refractivity contribution in [3.8, 4) is 5.75 Å². The molecule has 0 radical (unpaired) electrons. The number of furan rings is 1. The second-order valence-corrected chi connectivity index (χ2v) is 5.29. The van der Waals surface area contributed by atoms with E-state index in [0.717, 1.165) is 35.6 Å². The average Bonchev–Trinajstić information content (AvgIpc) is 2.92. The summed E-state index contributed by atoms with van der Waals surface area (Å²) in [5.41, 5.74) is 2.28. The zero-order chi connectivity index (χ0) is 15.1. The van der Waals surface area contributed by atoms with Gasteiger partial charge in [0.25, 0.3) is 0 Å². The van der Waals surface area contributed by atoms with Crippen LogP contribution in [-0.2, 0) is 19.6 Å². The Morgan fingerprint density at radius 1 is 1.24 bits per heavy atom. The topological polar surface area (TPSA) is 34.4 Å². The zero-order valence-corrected chi connectivity index (χ0v) is 12.8. The first-order valence-corrected chi connectivity index (χ1v) is 7.31. The van der Waals surface area contributed by atoms with Crippen LogP contribution in [0.2, 0.25) is 0 Å². The summed E-state index contributed by atoms with van der Waals surface area (Å²) in [6, 6.07) is 10.5. The van der Waals surface area contributed by atoms with E-state index in [-0.39, 0.29) is 0 Å². The smallest absolute Gasteiger partial charge is 0.146 e. The molecule has 0 aliphatic heterocycles. The van der Waals surface area contributed by atoms with E-state index in [0.29, 0.717) is 12.6 Å². The lowest BCUT2D eigenvalue weighted by atomic mass is 10.1. The molecular weight excluding hydrogens is 262 g/mol. The van der Waals surface area contributed by atoms with Gasteiger partial charge in [0.2, 0.25) is 0 Å². The van der Waals surface area contributed by atoms with Gasteiger partial charge in [-0.15, -0.1) is 6.58 Å². The predicted molar refractivity (Wildman–Crippen MR) is 85.4 cm³/mol. The highest BCUT2D eigenvalue weighted by atomic mass is 16.5. The Labute approximate surface area is 126 Å². The third-order valence-corrected chi connectivity index (χ3v) is 3.23. The van der Waals surface area contributed by atoms with E-state index in [9.17, 15) is 0 Å². The molecule has 0 aliphatic carbocycles. The van der Waals surface area contributed by atoms with Gasteiger partial charge in [-0.05, 0) is 24.1 Å². The molecule has 0 fully saturated rings. The monoisotopic (exact) mass is 285 g/mol. The molecule has 0 spiro atoms. The Morgan fingerprint density at radius 2 is 2.05 bits per heavy atom. The van der Waals surface area contributed by atoms with Gasteiger partial charge in [0.05, 0.1) is 6.26 Å². The van der Waals surface area contributed by atoms with Gasteiger partial charge in [-0.1, -0.05) is 38.1 Å². The molecule has 3 nitrogen and oxygen atoms in total. The van der Waals surface area contributed by atoms with E-state index in [1.165, 1.54) is 0 Å². The average molecular weight is 285 g/mol. The van der Waals surface area contributed by atoms with Crippen LogP contribution in [-0.4, -0.2) is 6.04 Å². The number of hydrogen-bond donors (Lipinski definition) is 1. The van der Waals surface area contributed by atoms with Gasteiger partial charge in [0.15, 0.2) is 0 Å². The first-order chi connectivity index (χ1) is 10.2. The molecule has 0 saturated carbocycles. The highest BCUT2D eigenvalue weighted by molar-refractivity contribution is 5.34. The van der Waals surface area contributed by atoms with Crippen molar-refractivity contribution < 1.29 is 9.15 Å². The van der Waals surface area contributed by atoms with E-state index in [2.05, 4.69) is 31.8 Å². The van der Waals surface area contributed by atoms with Gasteiger partial charge < -0.3 is 14.5 Å². The van der Waals surface area contributed by atoms with Crippen molar-refractivity contribution in [1.29, 1.82) is 0 Å². The largest absolute Gasteiger partial charge is 0.485 e. The standard InChI is InChI=1S/C18H23NO2/c1-4-7-15-8-5-6-9-17(15)21-13-18-16(10-11-20-18)12-19-14(2)3/h4-6,8-11,14,19H,1,7,12-13H2,2-3H3. The summed E-state index contributed by atoms with van der Waals surface area (Å²) in [6.07, 6.45) is 4.40. The minimum absolute atomic E-state index is 0.441. The minimum atomic E-state index is 0.441.